The Balaban J connectivity index is 3.02. The van der Waals surface area contributed by atoms with Crippen molar-refractivity contribution in [2.24, 2.45) is 0 Å². The van der Waals surface area contributed by atoms with Crippen LogP contribution in [0.3, 0.4) is 0 Å². The van der Waals surface area contributed by atoms with E-state index in [2.05, 4.69) is 4.98 Å². The zero-order chi connectivity index (χ0) is 10.9. The van der Waals surface area contributed by atoms with Crippen LogP contribution in [0, 0.1) is 5.26 Å². The lowest BCUT2D eigenvalue weighted by Gasteiger charge is -2.03. The van der Waals surface area contributed by atoms with Gasteiger partial charge in [0.25, 0.3) is 5.26 Å². The van der Waals surface area contributed by atoms with Crippen molar-refractivity contribution < 1.29 is 27.5 Å². The minimum absolute atomic E-state index is 0.0858. The van der Waals surface area contributed by atoms with Gasteiger partial charge >= 0.3 is 12.1 Å². The number of aromatic nitrogens is 1. The lowest BCUT2D eigenvalue weighted by Crippen LogP contribution is -2.14. The number of nitrogens with zero attached hydrogens (tertiary/aromatic N) is 1. The number of hydrogen-bond donors (Lipinski definition) is 1. The first kappa shape index (κ1) is 10.9. The van der Waals surface area contributed by atoms with Crippen molar-refractivity contribution in [2.45, 2.75) is 12.6 Å². The van der Waals surface area contributed by atoms with E-state index in [-0.39, 0.29) is 11.3 Å². The van der Waals surface area contributed by atoms with Gasteiger partial charge in [-0.2, -0.15) is 17.6 Å². The summed E-state index contributed by atoms with van der Waals surface area (Å²) >= 11 is 0.0858. The maximum absolute atomic E-state index is 12.4. The van der Waals surface area contributed by atoms with Crippen molar-refractivity contribution in [3.63, 3.8) is 0 Å². The van der Waals surface area contributed by atoms with Crippen LogP contribution in [0.5, 0.6) is 0 Å². The molecule has 0 aliphatic carbocycles. The van der Waals surface area contributed by atoms with Crippen molar-refractivity contribution in [1.29, 1.82) is 0 Å². The maximum Gasteiger partial charge on any atom is 0.394 e. The average Bonchev–Trinajstić information content (AvgIpc) is 2.27. The number of carbonyl (C=O) groups is 1. The van der Waals surface area contributed by atoms with Gasteiger partial charge < -0.3 is 5.11 Å². The van der Waals surface area contributed by atoms with Gasteiger partial charge in [0.2, 0.25) is 0 Å². The second-order valence-electron chi connectivity index (χ2n) is 2.34. The van der Waals surface area contributed by atoms with Gasteiger partial charge in [0.05, 0.1) is 12.1 Å². The van der Waals surface area contributed by atoms with E-state index < -0.39 is 34.4 Å². The molecule has 0 bridgehead atoms. The third-order valence-corrected chi connectivity index (χ3v) is 2.11. The van der Waals surface area contributed by atoms with Gasteiger partial charge in [-0.1, -0.05) is 11.3 Å². The van der Waals surface area contributed by atoms with Crippen LogP contribution in [0.2, 0.25) is 0 Å². The quantitative estimate of drug-likeness (QED) is 0.790. The van der Waals surface area contributed by atoms with E-state index in [4.69, 9.17) is 5.11 Å². The second kappa shape index (κ2) is 3.52. The van der Waals surface area contributed by atoms with Crippen LogP contribution in [0.1, 0.15) is 15.4 Å². The van der Waals surface area contributed by atoms with Gasteiger partial charge in [0, 0.05) is 0 Å². The Bertz CT molecular complexity index is 359. The molecule has 0 atom stereocenters. The fourth-order valence-corrected chi connectivity index (χ4v) is 1.45. The van der Waals surface area contributed by atoms with E-state index in [0.29, 0.717) is 0 Å². The second-order valence-corrected chi connectivity index (χ2v) is 3.29. The summed E-state index contributed by atoms with van der Waals surface area (Å²) in [5.41, 5.74) is -0.785. The Morgan fingerprint density at radius 1 is 1.50 bits per heavy atom. The maximum atomic E-state index is 12.4. The summed E-state index contributed by atoms with van der Waals surface area (Å²) in [5.74, 6) is -1.61. The molecule has 1 N–H and O–H groups in total. The lowest BCUT2D eigenvalue weighted by atomic mass is 10.2. The molecule has 0 aliphatic heterocycles. The standard InChI is InChI=1S/C6H3F4NO2S/c7-5-11-2(1-6(8,9)10)3(14-5)4(12)13/h1H2,(H,12,13). The largest absolute Gasteiger partial charge is 0.477 e. The molecule has 0 radical (unpaired) electrons. The summed E-state index contributed by atoms with van der Waals surface area (Å²) in [6.45, 7) is 0. The molecule has 0 spiro atoms. The molecule has 0 saturated carbocycles. The summed E-state index contributed by atoms with van der Waals surface area (Å²) in [6.07, 6.45) is -6.13. The first-order valence-electron chi connectivity index (χ1n) is 3.25. The first-order chi connectivity index (χ1) is 6.29. The molecule has 14 heavy (non-hydrogen) atoms. The smallest absolute Gasteiger partial charge is 0.394 e. The Hall–Kier alpha value is -1.18. The third-order valence-electron chi connectivity index (χ3n) is 1.23. The number of aromatic carboxylic acids is 1. The summed E-state index contributed by atoms with van der Waals surface area (Å²) in [5, 5.41) is 7.23. The van der Waals surface area contributed by atoms with Crippen LogP contribution in [0.15, 0.2) is 0 Å². The van der Waals surface area contributed by atoms with Gasteiger partial charge in [-0.3, -0.25) is 0 Å². The van der Waals surface area contributed by atoms with E-state index in [1.807, 2.05) is 0 Å². The molecule has 0 amide bonds. The Kier molecular flexibility index (Phi) is 2.74. The number of alkyl halides is 3. The molecule has 1 aromatic rings. The predicted molar refractivity (Wildman–Crippen MR) is 38.8 cm³/mol. The van der Waals surface area contributed by atoms with E-state index in [9.17, 15) is 22.4 Å². The number of carboxylic acid groups (broad SMARTS) is 1. The minimum Gasteiger partial charge on any atom is -0.477 e. The van der Waals surface area contributed by atoms with Crippen LogP contribution >= 0.6 is 11.3 Å². The average molecular weight is 229 g/mol. The van der Waals surface area contributed by atoms with Gasteiger partial charge in [-0.05, 0) is 0 Å². The van der Waals surface area contributed by atoms with Crippen LogP contribution < -0.4 is 0 Å². The molecular weight excluding hydrogens is 226 g/mol. The van der Waals surface area contributed by atoms with E-state index in [1.54, 1.807) is 0 Å². The molecule has 78 valence electrons. The minimum atomic E-state index is -4.59. The monoisotopic (exact) mass is 229 g/mol. The van der Waals surface area contributed by atoms with Crippen molar-refractivity contribution in [2.75, 3.05) is 0 Å². The lowest BCUT2D eigenvalue weighted by molar-refractivity contribution is -0.127. The molecule has 8 heteroatoms. The molecule has 0 aliphatic rings. The van der Waals surface area contributed by atoms with E-state index >= 15 is 0 Å². The van der Waals surface area contributed by atoms with Gasteiger partial charge in [0.1, 0.15) is 4.88 Å². The summed E-state index contributed by atoms with van der Waals surface area (Å²) < 4.78 is 47.9. The fraction of sp³-hybridized carbons (Fsp3) is 0.333. The molecule has 1 heterocycles. The first-order valence-corrected chi connectivity index (χ1v) is 4.06. The Morgan fingerprint density at radius 2 is 2.07 bits per heavy atom. The zero-order valence-electron chi connectivity index (χ0n) is 6.43. The Morgan fingerprint density at radius 3 is 2.50 bits per heavy atom. The Labute approximate surface area is 79.0 Å². The fourth-order valence-electron chi connectivity index (χ4n) is 0.800. The number of halogens is 4. The molecule has 1 rings (SSSR count). The molecule has 0 fully saturated rings. The highest BCUT2D eigenvalue weighted by atomic mass is 32.1. The number of thiazole rings is 1. The summed E-state index contributed by atoms with van der Waals surface area (Å²) in [4.78, 5) is 12.5. The highest BCUT2D eigenvalue weighted by molar-refractivity contribution is 7.12. The molecule has 0 saturated heterocycles. The normalized spacial score (nSPS) is 11.7. The van der Waals surface area contributed by atoms with Crippen LogP contribution in [-0.4, -0.2) is 22.2 Å². The van der Waals surface area contributed by atoms with Crippen molar-refractivity contribution in [3.05, 3.63) is 15.8 Å². The number of rotatable bonds is 2. The highest BCUT2D eigenvalue weighted by Crippen LogP contribution is 2.25. The summed E-state index contributed by atoms with van der Waals surface area (Å²) in [6, 6.07) is 0. The number of hydrogen-bond acceptors (Lipinski definition) is 3. The SMILES string of the molecule is O=C(O)c1sc(F)nc1CC(F)(F)F. The van der Waals surface area contributed by atoms with Gasteiger partial charge in [-0.15, -0.1) is 0 Å². The van der Waals surface area contributed by atoms with E-state index in [0.717, 1.165) is 0 Å². The van der Waals surface area contributed by atoms with Crippen LogP contribution in [0.25, 0.3) is 0 Å². The van der Waals surface area contributed by atoms with Crippen LogP contribution in [-0.2, 0) is 6.42 Å². The van der Waals surface area contributed by atoms with Crippen molar-refractivity contribution >= 4 is 17.3 Å². The van der Waals surface area contributed by atoms with E-state index in [1.165, 1.54) is 0 Å². The van der Waals surface area contributed by atoms with Gasteiger partial charge in [0.15, 0.2) is 0 Å². The molecule has 1 aromatic heterocycles. The predicted octanol–water partition coefficient (Wildman–Crippen LogP) is 2.09. The molecule has 3 nitrogen and oxygen atoms in total. The topological polar surface area (TPSA) is 50.2 Å². The number of carboxylic acids is 1. The van der Waals surface area contributed by atoms with Crippen LogP contribution in [0.4, 0.5) is 17.6 Å². The molecular formula is C6H3F4NO2S. The van der Waals surface area contributed by atoms with Crippen molar-refractivity contribution in [3.8, 4) is 0 Å². The highest BCUT2D eigenvalue weighted by Gasteiger charge is 2.32. The van der Waals surface area contributed by atoms with Gasteiger partial charge in [-0.25, -0.2) is 9.78 Å². The summed E-state index contributed by atoms with van der Waals surface area (Å²) in [7, 11) is 0. The zero-order valence-corrected chi connectivity index (χ0v) is 7.25. The van der Waals surface area contributed by atoms with Crippen molar-refractivity contribution in [1.82, 2.24) is 4.98 Å². The molecule has 0 unspecified atom stereocenters. The molecule has 0 aromatic carbocycles. The third kappa shape index (κ3) is 2.66.